The first kappa shape index (κ1) is 16.3. The second-order valence-electron chi connectivity index (χ2n) is 6.37. The maximum Gasteiger partial charge on any atom is 0.165 e. The van der Waals surface area contributed by atoms with Crippen molar-refractivity contribution in [1.29, 1.82) is 0 Å². The van der Waals surface area contributed by atoms with Gasteiger partial charge in [0.2, 0.25) is 0 Å². The topological polar surface area (TPSA) is 21.3 Å². The van der Waals surface area contributed by atoms with E-state index in [1.54, 1.807) is 12.1 Å². The fraction of sp³-hybridized carbons (Fsp3) is 0.667. The van der Waals surface area contributed by atoms with E-state index in [2.05, 4.69) is 19.2 Å². The molecule has 118 valence electrons. The molecule has 0 aromatic heterocycles. The molecular formula is C18H28FNO. The Bertz CT molecular complexity index is 449. The van der Waals surface area contributed by atoms with Gasteiger partial charge in [0.15, 0.2) is 11.6 Å². The standard InChI is InChI=1S/C18H28FNO/c1-4-20-17(15-7-5-6-13(2)10-15)12-14-8-9-18(21-3)16(19)11-14/h8-9,11,13,15,17,20H,4-7,10,12H2,1-3H3. The van der Waals surface area contributed by atoms with Crippen LogP contribution in [0.3, 0.4) is 0 Å². The predicted molar refractivity (Wildman–Crippen MR) is 85.2 cm³/mol. The van der Waals surface area contributed by atoms with Crippen molar-refractivity contribution in [1.82, 2.24) is 5.32 Å². The lowest BCUT2D eigenvalue weighted by Crippen LogP contribution is -2.40. The Kier molecular flexibility index (Phi) is 6.04. The third-order valence-corrected chi connectivity index (χ3v) is 4.68. The Balaban J connectivity index is 2.06. The van der Waals surface area contributed by atoms with E-state index in [-0.39, 0.29) is 5.82 Å². The molecular weight excluding hydrogens is 265 g/mol. The van der Waals surface area contributed by atoms with Crippen LogP contribution in [0.5, 0.6) is 5.75 Å². The van der Waals surface area contributed by atoms with Gasteiger partial charge in [0.1, 0.15) is 0 Å². The van der Waals surface area contributed by atoms with Gasteiger partial charge >= 0.3 is 0 Å². The van der Waals surface area contributed by atoms with Crippen LogP contribution in [0.15, 0.2) is 18.2 Å². The number of methoxy groups -OCH3 is 1. The van der Waals surface area contributed by atoms with E-state index in [0.29, 0.717) is 17.7 Å². The van der Waals surface area contributed by atoms with Gasteiger partial charge in [0, 0.05) is 6.04 Å². The van der Waals surface area contributed by atoms with Crippen LogP contribution in [-0.2, 0) is 6.42 Å². The van der Waals surface area contributed by atoms with Crippen LogP contribution < -0.4 is 10.1 Å². The molecule has 1 aromatic rings. The number of nitrogens with one attached hydrogen (secondary N) is 1. The highest BCUT2D eigenvalue weighted by atomic mass is 19.1. The van der Waals surface area contributed by atoms with Gasteiger partial charge in [-0.1, -0.05) is 32.8 Å². The molecule has 0 amide bonds. The summed E-state index contributed by atoms with van der Waals surface area (Å²) < 4.78 is 18.8. The van der Waals surface area contributed by atoms with Crippen LogP contribution in [0.1, 0.15) is 45.1 Å². The summed E-state index contributed by atoms with van der Waals surface area (Å²) >= 11 is 0. The minimum absolute atomic E-state index is 0.262. The van der Waals surface area contributed by atoms with Crippen LogP contribution >= 0.6 is 0 Å². The van der Waals surface area contributed by atoms with Crippen LogP contribution in [0.25, 0.3) is 0 Å². The molecule has 0 aliphatic heterocycles. The normalized spacial score (nSPS) is 23.8. The molecule has 21 heavy (non-hydrogen) atoms. The van der Waals surface area contributed by atoms with Gasteiger partial charge in [-0.3, -0.25) is 0 Å². The summed E-state index contributed by atoms with van der Waals surface area (Å²) in [5.74, 6) is 1.59. The summed E-state index contributed by atoms with van der Waals surface area (Å²) in [5.41, 5.74) is 1.05. The quantitative estimate of drug-likeness (QED) is 0.849. The molecule has 0 saturated heterocycles. The van der Waals surface area contributed by atoms with Crippen molar-refractivity contribution in [3.05, 3.63) is 29.6 Å². The maximum absolute atomic E-state index is 13.8. The van der Waals surface area contributed by atoms with Gasteiger partial charge in [-0.25, -0.2) is 4.39 Å². The fourth-order valence-electron chi connectivity index (χ4n) is 3.60. The van der Waals surface area contributed by atoms with Gasteiger partial charge in [-0.15, -0.1) is 0 Å². The van der Waals surface area contributed by atoms with Crippen LogP contribution in [0.2, 0.25) is 0 Å². The number of ether oxygens (including phenoxy) is 1. The Morgan fingerprint density at radius 2 is 2.19 bits per heavy atom. The summed E-state index contributed by atoms with van der Waals surface area (Å²) in [5, 5.41) is 3.62. The molecule has 1 aliphatic carbocycles. The van der Waals surface area contributed by atoms with E-state index < -0.39 is 0 Å². The number of benzene rings is 1. The minimum atomic E-state index is -0.262. The molecule has 1 aromatic carbocycles. The zero-order chi connectivity index (χ0) is 15.2. The van der Waals surface area contributed by atoms with E-state index in [4.69, 9.17) is 4.74 Å². The number of halogens is 1. The zero-order valence-electron chi connectivity index (χ0n) is 13.5. The molecule has 3 heteroatoms. The molecule has 2 rings (SSSR count). The fourth-order valence-corrected chi connectivity index (χ4v) is 3.60. The Hall–Kier alpha value is -1.09. The third-order valence-electron chi connectivity index (χ3n) is 4.68. The predicted octanol–water partition coefficient (Wildman–Crippen LogP) is 4.18. The summed E-state index contributed by atoms with van der Waals surface area (Å²) in [6.07, 6.45) is 6.15. The van der Waals surface area contributed by atoms with Gasteiger partial charge in [0.05, 0.1) is 7.11 Å². The molecule has 1 saturated carbocycles. The number of likely N-dealkylation sites (N-methyl/N-ethyl adjacent to an activating group) is 1. The second-order valence-corrected chi connectivity index (χ2v) is 6.37. The lowest BCUT2D eigenvalue weighted by Gasteiger charge is -2.34. The van der Waals surface area contributed by atoms with E-state index in [9.17, 15) is 4.39 Å². The smallest absolute Gasteiger partial charge is 0.165 e. The van der Waals surface area contributed by atoms with Crippen LogP contribution in [0.4, 0.5) is 4.39 Å². The van der Waals surface area contributed by atoms with Crippen molar-refractivity contribution in [2.75, 3.05) is 13.7 Å². The molecule has 0 spiro atoms. The Morgan fingerprint density at radius 1 is 1.38 bits per heavy atom. The molecule has 0 bridgehead atoms. The average molecular weight is 293 g/mol. The van der Waals surface area contributed by atoms with Gasteiger partial charge < -0.3 is 10.1 Å². The maximum atomic E-state index is 13.8. The summed E-state index contributed by atoms with van der Waals surface area (Å²) in [6.45, 7) is 5.46. The van der Waals surface area contributed by atoms with Crippen molar-refractivity contribution in [2.24, 2.45) is 11.8 Å². The van der Waals surface area contributed by atoms with E-state index in [1.165, 1.54) is 32.8 Å². The first-order chi connectivity index (χ1) is 10.1. The van der Waals surface area contributed by atoms with E-state index >= 15 is 0 Å². The van der Waals surface area contributed by atoms with Crippen molar-refractivity contribution in [3.8, 4) is 5.75 Å². The van der Waals surface area contributed by atoms with Crippen molar-refractivity contribution >= 4 is 0 Å². The SMILES string of the molecule is CCNC(Cc1ccc(OC)c(F)c1)C1CCCC(C)C1. The molecule has 0 radical (unpaired) electrons. The summed E-state index contributed by atoms with van der Waals surface area (Å²) in [4.78, 5) is 0. The molecule has 3 atom stereocenters. The highest BCUT2D eigenvalue weighted by molar-refractivity contribution is 5.29. The summed E-state index contributed by atoms with van der Waals surface area (Å²) in [6, 6.07) is 5.79. The number of hydrogen-bond donors (Lipinski definition) is 1. The molecule has 1 aliphatic rings. The Labute approximate surface area is 128 Å². The number of rotatable bonds is 6. The second kappa shape index (κ2) is 7.79. The van der Waals surface area contributed by atoms with Gasteiger partial charge in [-0.2, -0.15) is 0 Å². The lowest BCUT2D eigenvalue weighted by molar-refractivity contribution is 0.222. The van der Waals surface area contributed by atoms with Gasteiger partial charge in [-0.05, 0) is 55.3 Å². The zero-order valence-corrected chi connectivity index (χ0v) is 13.5. The third kappa shape index (κ3) is 4.44. The molecule has 2 nitrogen and oxygen atoms in total. The first-order valence-electron chi connectivity index (χ1n) is 8.19. The molecule has 1 N–H and O–H groups in total. The summed E-state index contributed by atoms with van der Waals surface area (Å²) in [7, 11) is 1.50. The monoisotopic (exact) mass is 293 g/mol. The van der Waals surface area contributed by atoms with E-state index in [1.807, 2.05) is 6.07 Å². The molecule has 1 fully saturated rings. The van der Waals surface area contributed by atoms with Gasteiger partial charge in [0.25, 0.3) is 0 Å². The Morgan fingerprint density at radius 3 is 2.81 bits per heavy atom. The first-order valence-corrected chi connectivity index (χ1v) is 8.19. The van der Waals surface area contributed by atoms with Crippen LogP contribution in [-0.4, -0.2) is 19.7 Å². The van der Waals surface area contributed by atoms with Crippen LogP contribution in [0, 0.1) is 17.7 Å². The molecule has 0 heterocycles. The number of hydrogen-bond acceptors (Lipinski definition) is 2. The van der Waals surface area contributed by atoms with E-state index in [0.717, 1.165) is 24.4 Å². The van der Waals surface area contributed by atoms with Crippen molar-refractivity contribution in [2.45, 2.75) is 52.0 Å². The highest BCUT2D eigenvalue weighted by Crippen LogP contribution is 2.32. The van der Waals surface area contributed by atoms with Crippen molar-refractivity contribution in [3.63, 3.8) is 0 Å². The van der Waals surface area contributed by atoms with Crippen molar-refractivity contribution < 1.29 is 9.13 Å². The molecule has 3 unspecified atom stereocenters. The largest absolute Gasteiger partial charge is 0.494 e. The average Bonchev–Trinajstić information content (AvgIpc) is 2.47. The lowest BCUT2D eigenvalue weighted by atomic mass is 9.77. The minimum Gasteiger partial charge on any atom is -0.494 e. The highest BCUT2D eigenvalue weighted by Gasteiger charge is 2.26.